The van der Waals surface area contributed by atoms with E-state index in [2.05, 4.69) is 15.9 Å². The molecule has 0 heterocycles. The Bertz CT molecular complexity index is 455. The van der Waals surface area contributed by atoms with Gasteiger partial charge in [-0.15, -0.1) is 0 Å². The third-order valence-corrected chi connectivity index (χ3v) is 2.68. The van der Waals surface area contributed by atoms with Crippen LogP contribution in [0.25, 0.3) is 0 Å². The minimum Gasteiger partial charge on any atom is -0.478 e. The number of nitrogens with zero attached hydrogens (tertiary/aromatic N) is 1. The van der Waals surface area contributed by atoms with Crippen LogP contribution in [0.4, 0.5) is 0 Å². The number of aromatic carboxylic acids is 1. The van der Waals surface area contributed by atoms with E-state index in [1.165, 1.54) is 24.3 Å². The van der Waals surface area contributed by atoms with E-state index in [1.807, 2.05) is 0 Å². The van der Waals surface area contributed by atoms with E-state index in [4.69, 9.17) is 15.5 Å². The first-order valence-electron chi connectivity index (χ1n) is 4.26. The van der Waals surface area contributed by atoms with Gasteiger partial charge in [0.05, 0.1) is 11.6 Å². The number of benzene rings is 1. The van der Waals surface area contributed by atoms with Crippen LogP contribution >= 0.6 is 15.9 Å². The lowest BCUT2D eigenvalue weighted by Gasteiger charge is -2.14. The van der Waals surface area contributed by atoms with Crippen molar-refractivity contribution in [3.63, 3.8) is 0 Å². The highest BCUT2D eigenvalue weighted by atomic mass is 79.9. The van der Waals surface area contributed by atoms with E-state index >= 15 is 0 Å². The molecule has 1 rings (SSSR count). The lowest BCUT2D eigenvalue weighted by Crippen LogP contribution is -2.16. The zero-order chi connectivity index (χ0) is 12.3. The van der Waals surface area contributed by atoms with Crippen molar-refractivity contribution in [1.29, 1.82) is 5.26 Å². The van der Waals surface area contributed by atoms with Gasteiger partial charge < -0.3 is 15.3 Å². The van der Waals surface area contributed by atoms with Crippen molar-refractivity contribution in [1.82, 2.24) is 0 Å². The van der Waals surface area contributed by atoms with Crippen LogP contribution in [0.5, 0.6) is 0 Å². The number of halogens is 1. The summed E-state index contributed by atoms with van der Waals surface area (Å²) in [6, 6.07) is 5.43. The van der Waals surface area contributed by atoms with Gasteiger partial charge in [-0.1, -0.05) is 22.0 Å². The average Bonchev–Trinajstić information content (AvgIpc) is 2.26. The molecular weight excluding hydrogens is 278 g/mol. The lowest BCUT2D eigenvalue weighted by atomic mass is 10.0. The van der Waals surface area contributed by atoms with Gasteiger partial charge in [-0.3, -0.25) is 0 Å². The summed E-state index contributed by atoms with van der Waals surface area (Å²) in [5, 5.41) is 35.8. The van der Waals surface area contributed by atoms with Crippen LogP contribution in [0.2, 0.25) is 0 Å². The lowest BCUT2D eigenvalue weighted by molar-refractivity contribution is 0.0522. The molecule has 16 heavy (non-hydrogen) atoms. The van der Waals surface area contributed by atoms with E-state index in [-0.39, 0.29) is 11.1 Å². The van der Waals surface area contributed by atoms with Crippen LogP contribution in [0, 0.1) is 11.3 Å². The Morgan fingerprint density at radius 3 is 2.50 bits per heavy atom. The van der Waals surface area contributed by atoms with Crippen molar-refractivity contribution < 1.29 is 20.1 Å². The van der Waals surface area contributed by atoms with Crippen molar-refractivity contribution in [2.24, 2.45) is 0 Å². The molecule has 0 radical (unpaired) electrons. The third kappa shape index (κ3) is 2.58. The largest absolute Gasteiger partial charge is 0.478 e. The van der Waals surface area contributed by atoms with E-state index < -0.39 is 18.2 Å². The second kappa shape index (κ2) is 5.07. The number of nitriles is 1. The molecular formula is C10H8BrNO4. The van der Waals surface area contributed by atoms with Gasteiger partial charge in [0.25, 0.3) is 0 Å². The number of carboxylic acid groups (broad SMARTS) is 1. The summed E-state index contributed by atoms with van der Waals surface area (Å²) in [4.78, 5) is 10.6. The molecule has 0 spiro atoms. The van der Waals surface area contributed by atoms with Gasteiger partial charge in [0.2, 0.25) is 0 Å². The second-order valence-corrected chi connectivity index (χ2v) is 3.91. The normalized spacial score (nSPS) is 13.9. The SMILES string of the molecule is N#CC(O)C(O)c1ccc(C(=O)O)cc1Br. The highest BCUT2D eigenvalue weighted by molar-refractivity contribution is 9.10. The smallest absolute Gasteiger partial charge is 0.335 e. The number of aliphatic hydroxyl groups excluding tert-OH is 2. The average molecular weight is 286 g/mol. The molecule has 2 atom stereocenters. The molecule has 0 aliphatic heterocycles. The summed E-state index contributed by atoms with van der Waals surface area (Å²) < 4.78 is 0.328. The van der Waals surface area contributed by atoms with Crippen LogP contribution in [0.1, 0.15) is 22.0 Å². The number of carboxylic acids is 1. The molecule has 5 nitrogen and oxygen atoms in total. The van der Waals surface area contributed by atoms with Crippen molar-refractivity contribution in [3.05, 3.63) is 33.8 Å². The zero-order valence-corrected chi connectivity index (χ0v) is 9.55. The fourth-order valence-corrected chi connectivity index (χ4v) is 1.75. The fourth-order valence-electron chi connectivity index (χ4n) is 1.14. The predicted molar refractivity (Wildman–Crippen MR) is 57.7 cm³/mol. The molecule has 6 heteroatoms. The highest BCUT2D eigenvalue weighted by Gasteiger charge is 2.20. The summed E-state index contributed by atoms with van der Waals surface area (Å²) in [5.74, 6) is -1.09. The summed E-state index contributed by atoms with van der Waals surface area (Å²) in [6.07, 6.45) is -2.92. The van der Waals surface area contributed by atoms with Gasteiger partial charge in [-0.2, -0.15) is 5.26 Å². The highest BCUT2D eigenvalue weighted by Crippen LogP contribution is 2.26. The molecule has 84 valence electrons. The maximum Gasteiger partial charge on any atom is 0.335 e. The molecule has 0 fully saturated rings. The Morgan fingerprint density at radius 2 is 2.06 bits per heavy atom. The first-order chi connectivity index (χ1) is 7.47. The van der Waals surface area contributed by atoms with Crippen LogP contribution in [-0.2, 0) is 0 Å². The molecule has 0 aliphatic rings. The van der Waals surface area contributed by atoms with Crippen molar-refractivity contribution >= 4 is 21.9 Å². The van der Waals surface area contributed by atoms with E-state index in [1.54, 1.807) is 0 Å². The Labute approximate surface area is 99.7 Å². The summed E-state index contributed by atoms with van der Waals surface area (Å²) >= 11 is 3.07. The second-order valence-electron chi connectivity index (χ2n) is 3.06. The van der Waals surface area contributed by atoms with Crippen molar-refractivity contribution in [2.45, 2.75) is 12.2 Å². The monoisotopic (exact) mass is 285 g/mol. The molecule has 0 aromatic heterocycles. The molecule has 1 aromatic rings. The Kier molecular flexibility index (Phi) is 4.01. The van der Waals surface area contributed by atoms with Gasteiger partial charge in [-0.05, 0) is 17.7 Å². The number of hydrogen-bond donors (Lipinski definition) is 3. The van der Waals surface area contributed by atoms with E-state index in [9.17, 15) is 9.90 Å². The molecule has 0 bridgehead atoms. The quantitative estimate of drug-likeness (QED) is 0.721. The maximum atomic E-state index is 10.6. The van der Waals surface area contributed by atoms with Crippen molar-refractivity contribution in [3.8, 4) is 6.07 Å². The van der Waals surface area contributed by atoms with Gasteiger partial charge in [0, 0.05) is 4.47 Å². The number of rotatable bonds is 3. The van der Waals surface area contributed by atoms with Crippen LogP contribution in [0.15, 0.2) is 22.7 Å². The van der Waals surface area contributed by atoms with Crippen LogP contribution in [0.3, 0.4) is 0 Å². The summed E-state index contributed by atoms with van der Waals surface area (Å²) in [5.41, 5.74) is 0.313. The number of aliphatic hydroxyl groups is 2. The molecule has 0 aliphatic carbocycles. The predicted octanol–water partition coefficient (Wildman–Crippen LogP) is 1.07. The number of hydrogen-bond acceptors (Lipinski definition) is 4. The molecule has 1 aromatic carbocycles. The number of carbonyl (C=O) groups is 1. The molecule has 0 saturated carbocycles. The van der Waals surface area contributed by atoms with Gasteiger partial charge in [0.15, 0.2) is 6.10 Å². The van der Waals surface area contributed by atoms with Gasteiger partial charge in [0.1, 0.15) is 6.10 Å². The fraction of sp³-hybridized carbons (Fsp3) is 0.200. The first kappa shape index (κ1) is 12.6. The summed E-state index contributed by atoms with van der Waals surface area (Å²) in [6.45, 7) is 0. The molecule has 3 N–H and O–H groups in total. The molecule has 0 amide bonds. The zero-order valence-electron chi connectivity index (χ0n) is 7.96. The van der Waals surface area contributed by atoms with E-state index in [0.717, 1.165) is 0 Å². The topological polar surface area (TPSA) is 102 Å². The first-order valence-corrected chi connectivity index (χ1v) is 5.05. The Balaban J connectivity index is 3.09. The molecule has 2 unspecified atom stereocenters. The van der Waals surface area contributed by atoms with Gasteiger partial charge in [-0.25, -0.2) is 4.79 Å². The van der Waals surface area contributed by atoms with Crippen molar-refractivity contribution in [2.75, 3.05) is 0 Å². The standard InChI is InChI=1S/C10H8BrNO4/c11-7-3-5(10(15)16)1-2-6(7)9(14)8(13)4-12/h1-3,8-9,13-14H,(H,15,16). The summed E-state index contributed by atoms with van der Waals surface area (Å²) in [7, 11) is 0. The maximum absolute atomic E-state index is 10.6. The Morgan fingerprint density at radius 1 is 1.44 bits per heavy atom. The third-order valence-electron chi connectivity index (χ3n) is 2.00. The van der Waals surface area contributed by atoms with E-state index in [0.29, 0.717) is 4.47 Å². The Hall–Kier alpha value is -1.42. The van der Waals surface area contributed by atoms with Gasteiger partial charge >= 0.3 is 5.97 Å². The molecule has 0 saturated heterocycles. The van der Waals surface area contributed by atoms with Crippen LogP contribution in [-0.4, -0.2) is 27.4 Å². The minimum absolute atomic E-state index is 0.0503. The minimum atomic E-state index is -1.55. The van der Waals surface area contributed by atoms with Crippen LogP contribution < -0.4 is 0 Å².